The van der Waals surface area contributed by atoms with E-state index in [9.17, 15) is 14.0 Å². The number of ether oxygens (including phenoxy) is 1. The summed E-state index contributed by atoms with van der Waals surface area (Å²) in [6, 6.07) is 13.6. The molecule has 2 heterocycles. The van der Waals surface area contributed by atoms with Gasteiger partial charge in [0.2, 0.25) is 0 Å². The van der Waals surface area contributed by atoms with Gasteiger partial charge in [-0.1, -0.05) is 18.2 Å². The van der Waals surface area contributed by atoms with Gasteiger partial charge in [-0.3, -0.25) is 13.9 Å². The fourth-order valence-electron chi connectivity index (χ4n) is 3.16. The summed E-state index contributed by atoms with van der Waals surface area (Å²) in [5.41, 5.74) is 0.442. The average Bonchev–Trinajstić information content (AvgIpc) is 2.80. The largest absolute Gasteiger partial charge is 0.497 e. The van der Waals surface area contributed by atoms with Crippen molar-refractivity contribution in [2.24, 2.45) is 14.1 Å². The zero-order valence-corrected chi connectivity index (χ0v) is 17.9. The molecule has 0 N–H and O–H groups in total. The Morgan fingerprint density at radius 1 is 1.00 bits per heavy atom. The molecule has 0 spiro atoms. The summed E-state index contributed by atoms with van der Waals surface area (Å²) < 4.78 is 21.6. The average molecular weight is 438 g/mol. The van der Waals surface area contributed by atoms with E-state index in [0.717, 1.165) is 4.57 Å². The molecule has 9 heteroatoms. The van der Waals surface area contributed by atoms with Crippen LogP contribution in [0.25, 0.3) is 22.4 Å². The van der Waals surface area contributed by atoms with Crippen LogP contribution >= 0.6 is 11.8 Å². The molecule has 0 saturated carbocycles. The van der Waals surface area contributed by atoms with Gasteiger partial charge < -0.3 is 4.74 Å². The minimum absolute atomic E-state index is 0.225. The molecule has 0 radical (unpaired) electrons. The van der Waals surface area contributed by atoms with E-state index in [1.54, 1.807) is 56.6 Å². The molecule has 0 unspecified atom stereocenters. The van der Waals surface area contributed by atoms with Crippen molar-refractivity contribution in [3.63, 3.8) is 0 Å². The molecule has 0 fully saturated rings. The molecule has 2 aromatic carbocycles. The van der Waals surface area contributed by atoms with E-state index in [4.69, 9.17) is 4.74 Å². The summed E-state index contributed by atoms with van der Waals surface area (Å²) in [4.78, 5) is 34.5. The Hall–Kier alpha value is -3.46. The van der Waals surface area contributed by atoms with Gasteiger partial charge in [-0.15, -0.1) is 11.8 Å². The highest BCUT2D eigenvalue weighted by atomic mass is 32.2. The summed E-state index contributed by atoms with van der Waals surface area (Å²) in [6.07, 6.45) is 0. The Kier molecular flexibility index (Phi) is 5.60. The van der Waals surface area contributed by atoms with Crippen LogP contribution < -0.4 is 16.0 Å². The van der Waals surface area contributed by atoms with E-state index < -0.39 is 11.2 Å². The fourth-order valence-corrected chi connectivity index (χ4v) is 4.16. The Balaban J connectivity index is 1.91. The van der Waals surface area contributed by atoms with Gasteiger partial charge in [0.15, 0.2) is 11.5 Å². The van der Waals surface area contributed by atoms with E-state index in [1.165, 1.54) is 29.4 Å². The fraction of sp³-hybridized carbons (Fsp3) is 0.182. The molecule has 0 aliphatic rings. The zero-order valence-electron chi connectivity index (χ0n) is 17.1. The molecule has 158 valence electrons. The first-order valence-electron chi connectivity index (χ1n) is 9.39. The van der Waals surface area contributed by atoms with E-state index >= 15 is 0 Å². The molecule has 0 aliphatic heterocycles. The minimum atomic E-state index is -0.490. The van der Waals surface area contributed by atoms with E-state index in [0.29, 0.717) is 27.7 Å². The van der Waals surface area contributed by atoms with Gasteiger partial charge in [0.25, 0.3) is 5.56 Å². The molecule has 0 saturated heterocycles. The van der Waals surface area contributed by atoms with E-state index in [-0.39, 0.29) is 22.6 Å². The third-order valence-electron chi connectivity index (χ3n) is 4.94. The molecule has 0 atom stereocenters. The Bertz CT molecular complexity index is 1400. The number of aryl methyl sites for hydroxylation is 1. The van der Waals surface area contributed by atoms with Gasteiger partial charge in [0.05, 0.1) is 7.11 Å². The Morgan fingerprint density at radius 2 is 1.71 bits per heavy atom. The van der Waals surface area contributed by atoms with Gasteiger partial charge in [-0.05, 0) is 35.9 Å². The second-order valence-electron chi connectivity index (χ2n) is 6.87. The van der Waals surface area contributed by atoms with E-state index in [2.05, 4.69) is 9.97 Å². The summed E-state index contributed by atoms with van der Waals surface area (Å²) in [6.45, 7) is 0. The summed E-state index contributed by atoms with van der Waals surface area (Å²) >= 11 is 1.23. The molecule has 7 nitrogen and oxygen atoms in total. The van der Waals surface area contributed by atoms with Crippen LogP contribution in [-0.4, -0.2) is 26.2 Å². The van der Waals surface area contributed by atoms with Crippen molar-refractivity contribution < 1.29 is 9.13 Å². The highest BCUT2D eigenvalue weighted by Crippen LogP contribution is 2.29. The van der Waals surface area contributed by atoms with Gasteiger partial charge >= 0.3 is 5.69 Å². The van der Waals surface area contributed by atoms with Crippen LogP contribution in [-0.2, 0) is 19.8 Å². The first kappa shape index (κ1) is 20.8. The molecule has 0 aliphatic carbocycles. The van der Waals surface area contributed by atoms with Crippen molar-refractivity contribution in [1.82, 2.24) is 19.1 Å². The predicted molar refractivity (Wildman–Crippen MR) is 118 cm³/mol. The lowest BCUT2D eigenvalue weighted by molar-refractivity contribution is 0.415. The number of thioether (sulfide) groups is 1. The highest BCUT2D eigenvalue weighted by molar-refractivity contribution is 7.98. The summed E-state index contributed by atoms with van der Waals surface area (Å²) in [7, 11) is 4.54. The van der Waals surface area contributed by atoms with Crippen LogP contribution in [0.3, 0.4) is 0 Å². The number of fused-ring (bicyclic) bond motifs is 1. The number of methoxy groups -OCH3 is 1. The maximum Gasteiger partial charge on any atom is 0.332 e. The van der Waals surface area contributed by atoms with E-state index in [1.807, 2.05) is 0 Å². The number of hydrogen-bond acceptors (Lipinski definition) is 6. The Morgan fingerprint density at radius 3 is 2.39 bits per heavy atom. The summed E-state index contributed by atoms with van der Waals surface area (Å²) in [5, 5.41) is 0.610. The smallest absolute Gasteiger partial charge is 0.332 e. The number of aromatic nitrogens is 4. The maximum atomic E-state index is 14.1. The molecular formula is C22H19FN4O3S. The van der Waals surface area contributed by atoms with Crippen LogP contribution in [0.4, 0.5) is 4.39 Å². The third-order valence-corrected chi connectivity index (χ3v) is 5.96. The highest BCUT2D eigenvalue weighted by Gasteiger charge is 2.18. The molecule has 4 rings (SSSR count). The number of benzene rings is 2. The number of hydrogen-bond donors (Lipinski definition) is 0. The molecule has 2 aromatic heterocycles. The monoisotopic (exact) mass is 438 g/mol. The van der Waals surface area contributed by atoms with Crippen LogP contribution in [0.1, 0.15) is 5.56 Å². The van der Waals surface area contributed by atoms with Crippen molar-refractivity contribution in [2.45, 2.75) is 10.8 Å². The number of halogens is 1. The predicted octanol–water partition coefficient (Wildman–Crippen LogP) is 3.13. The molecule has 4 aromatic rings. The van der Waals surface area contributed by atoms with Crippen molar-refractivity contribution in [3.8, 4) is 17.1 Å². The number of nitrogens with zero attached hydrogens (tertiary/aromatic N) is 4. The third kappa shape index (κ3) is 3.84. The molecular weight excluding hydrogens is 419 g/mol. The van der Waals surface area contributed by atoms with Crippen molar-refractivity contribution in [3.05, 3.63) is 80.7 Å². The quantitative estimate of drug-likeness (QED) is 0.352. The molecule has 31 heavy (non-hydrogen) atoms. The zero-order chi connectivity index (χ0) is 22.1. The van der Waals surface area contributed by atoms with Gasteiger partial charge in [-0.25, -0.2) is 19.2 Å². The van der Waals surface area contributed by atoms with Crippen molar-refractivity contribution in [1.29, 1.82) is 0 Å². The first-order valence-corrected chi connectivity index (χ1v) is 10.4. The lowest BCUT2D eigenvalue weighted by Gasteiger charge is -2.12. The minimum Gasteiger partial charge on any atom is -0.497 e. The van der Waals surface area contributed by atoms with Crippen LogP contribution in [0.5, 0.6) is 5.75 Å². The van der Waals surface area contributed by atoms with Gasteiger partial charge in [0, 0.05) is 25.4 Å². The van der Waals surface area contributed by atoms with Crippen LogP contribution in [0.15, 0.2) is 63.1 Å². The second-order valence-corrected chi connectivity index (χ2v) is 7.83. The Labute approximate surface area is 181 Å². The van der Waals surface area contributed by atoms with Gasteiger partial charge in [0.1, 0.15) is 22.0 Å². The standard InChI is InChI=1S/C22H19FN4O3S/c1-26-19-17(21(28)27(2)22(26)29)20(31-12-14-6-4-5-7-16(14)23)25-18(24-19)13-8-10-15(30-3)11-9-13/h4-11H,12H2,1-3H3. The lowest BCUT2D eigenvalue weighted by atomic mass is 10.2. The van der Waals surface area contributed by atoms with Crippen LogP contribution in [0.2, 0.25) is 0 Å². The molecule has 0 bridgehead atoms. The topological polar surface area (TPSA) is 79.0 Å². The number of rotatable bonds is 5. The van der Waals surface area contributed by atoms with Crippen molar-refractivity contribution in [2.75, 3.05) is 7.11 Å². The maximum absolute atomic E-state index is 14.1. The summed E-state index contributed by atoms with van der Waals surface area (Å²) in [5.74, 6) is 0.978. The SMILES string of the molecule is COc1ccc(-c2nc(SCc3ccccc3F)c3c(=O)n(C)c(=O)n(C)c3n2)cc1. The second kappa shape index (κ2) is 8.35. The normalized spacial score (nSPS) is 11.1. The van der Waals surface area contributed by atoms with Crippen LogP contribution in [0, 0.1) is 5.82 Å². The lowest BCUT2D eigenvalue weighted by Crippen LogP contribution is -2.37. The molecule has 0 amide bonds. The van der Waals surface area contributed by atoms with Crippen molar-refractivity contribution >= 4 is 22.8 Å². The van der Waals surface area contributed by atoms with Gasteiger partial charge in [-0.2, -0.15) is 0 Å². The first-order chi connectivity index (χ1) is 14.9.